The lowest BCUT2D eigenvalue weighted by atomic mass is 9.99. The summed E-state index contributed by atoms with van der Waals surface area (Å²) in [6.07, 6.45) is 4.97. The molecule has 3 aromatic rings. The summed E-state index contributed by atoms with van der Waals surface area (Å²) in [7, 11) is 3.22. The van der Waals surface area contributed by atoms with Crippen molar-refractivity contribution in [1.29, 1.82) is 0 Å². The van der Waals surface area contributed by atoms with Crippen LogP contribution in [-0.2, 0) is 0 Å². The number of methoxy groups -OCH3 is 2. The highest BCUT2D eigenvalue weighted by Gasteiger charge is 2.40. The van der Waals surface area contributed by atoms with Gasteiger partial charge in [0.05, 0.1) is 19.9 Å². The number of ether oxygens (including phenoxy) is 2. The molecule has 154 valence electrons. The molecule has 0 radical (unpaired) electrons. The molecule has 5 rings (SSSR count). The molecule has 2 bridgehead atoms. The zero-order valence-corrected chi connectivity index (χ0v) is 17.0. The van der Waals surface area contributed by atoms with Crippen LogP contribution in [0, 0.1) is 5.92 Å². The van der Waals surface area contributed by atoms with E-state index < -0.39 is 0 Å². The summed E-state index contributed by atoms with van der Waals surface area (Å²) in [6, 6.07) is 11.8. The maximum absolute atomic E-state index is 13.4. The third-order valence-corrected chi connectivity index (χ3v) is 6.16. The van der Waals surface area contributed by atoms with Gasteiger partial charge in [-0.3, -0.25) is 4.79 Å². The number of fused-ring (bicyclic) bond motifs is 2. The number of likely N-dealkylation sites (tertiary alicyclic amines) is 1. The summed E-state index contributed by atoms with van der Waals surface area (Å²) in [4.78, 5) is 15.5. The molecular weight excluding hydrogens is 382 g/mol. The maximum Gasteiger partial charge on any atom is 0.254 e. The summed E-state index contributed by atoms with van der Waals surface area (Å²) in [5.74, 6) is 1.94. The van der Waals surface area contributed by atoms with Crippen molar-refractivity contribution < 1.29 is 14.3 Å². The quantitative estimate of drug-likeness (QED) is 0.649. The van der Waals surface area contributed by atoms with Gasteiger partial charge in [-0.2, -0.15) is 0 Å². The van der Waals surface area contributed by atoms with E-state index in [1.54, 1.807) is 18.9 Å². The Morgan fingerprint density at radius 2 is 2.03 bits per heavy atom. The van der Waals surface area contributed by atoms with Gasteiger partial charge >= 0.3 is 0 Å². The van der Waals surface area contributed by atoms with Crippen molar-refractivity contribution in [3.63, 3.8) is 0 Å². The summed E-state index contributed by atoms with van der Waals surface area (Å²) < 4.78 is 12.6. The minimum absolute atomic E-state index is 0.0558. The molecule has 2 heterocycles. The lowest BCUT2D eigenvalue weighted by Gasteiger charge is -2.27. The predicted octanol–water partition coefficient (Wildman–Crippen LogP) is 2.97. The standard InChI is InChI=1S/C22H23N5O3/c1-29-20-5-3-4-19(21(20)30-2)15-9-16(11-18(10-15)27-13-23-24-25-27)22(28)26-12-14-6-7-17(26)8-14/h3-5,9-11,13-14,17H,6-8,12H2,1-2H3. The van der Waals surface area contributed by atoms with Gasteiger partial charge in [-0.25, -0.2) is 4.68 Å². The van der Waals surface area contributed by atoms with Crippen LogP contribution in [0.3, 0.4) is 0 Å². The van der Waals surface area contributed by atoms with Crippen molar-refractivity contribution in [2.24, 2.45) is 5.92 Å². The minimum atomic E-state index is 0.0558. The van der Waals surface area contributed by atoms with Gasteiger partial charge in [0.1, 0.15) is 6.33 Å². The van der Waals surface area contributed by atoms with Crippen molar-refractivity contribution in [3.05, 3.63) is 48.3 Å². The first-order valence-electron chi connectivity index (χ1n) is 10.1. The zero-order chi connectivity index (χ0) is 20.7. The molecule has 2 unspecified atom stereocenters. The molecule has 1 aliphatic carbocycles. The topological polar surface area (TPSA) is 82.4 Å². The molecule has 2 aromatic carbocycles. The number of hydrogen-bond acceptors (Lipinski definition) is 6. The number of aromatic nitrogens is 4. The second-order valence-electron chi connectivity index (χ2n) is 7.85. The molecular formula is C22H23N5O3. The normalized spacial score (nSPS) is 19.9. The molecule has 8 nitrogen and oxygen atoms in total. The number of para-hydroxylation sites is 1. The van der Waals surface area contributed by atoms with Gasteiger partial charge in [0.15, 0.2) is 11.5 Å². The first kappa shape index (κ1) is 18.6. The lowest BCUT2D eigenvalue weighted by molar-refractivity contribution is 0.0703. The zero-order valence-electron chi connectivity index (χ0n) is 17.0. The van der Waals surface area contributed by atoms with Gasteiger partial charge in [0, 0.05) is 23.7 Å². The molecule has 1 saturated heterocycles. The number of carbonyl (C=O) groups excluding carboxylic acids is 1. The number of nitrogens with zero attached hydrogens (tertiary/aromatic N) is 5. The Hall–Kier alpha value is -3.42. The summed E-state index contributed by atoms with van der Waals surface area (Å²) >= 11 is 0. The van der Waals surface area contributed by atoms with E-state index in [-0.39, 0.29) is 5.91 Å². The largest absolute Gasteiger partial charge is 0.493 e. The van der Waals surface area contributed by atoms with Crippen LogP contribution in [0.25, 0.3) is 16.8 Å². The fourth-order valence-electron chi connectivity index (χ4n) is 4.76. The summed E-state index contributed by atoms with van der Waals surface area (Å²) in [5.41, 5.74) is 3.01. The van der Waals surface area contributed by atoms with E-state index in [4.69, 9.17) is 9.47 Å². The Morgan fingerprint density at radius 3 is 2.70 bits per heavy atom. The van der Waals surface area contributed by atoms with Crippen LogP contribution >= 0.6 is 0 Å². The van der Waals surface area contributed by atoms with Crippen molar-refractivity contribution in [3.8, 4) is 28.3 Å². The van der Waals surface area contributed by atoms with Crippen LogP contribution in [0.15, 0.2) is 42.7 Å². The third-order valence-electron chi connectivity index (χ3n) is 6.16. The highest BCUT2D eigenvalue weighted by molar-refractivity contribution is 5.97. The molecule has 30 heavy (non-hydrogen) atoms. The summed E-state index contributed by atoms with van der Waals surface area (Å²) in [5, 5.41) is 11.5. The van der Waals surface area contributed by atoms with Crippen molar-refractivity contribution in [2.75, 3.05) is 20.8 Å². The number of benzene rings is 2. The van der Waals surface area contributed by atoms with Crippen LogP contribution in [0.5, 0.6) is 11.5 Å². The number of tetrazole rings is 1. The Labute approximate surface area is 174 Å². The molecule has 1 aromatic heterocycles. The van der Waals surface area contributed by atoms with Crippen LogP contribution in [0.1, 0.15) is 29.6 Å². The van der Waals surface area contributed by atoms with Crippen LogP contribution in [0.4, 0.5) is 0 Å². The van der Waals surface area contributed by atoms with E-state index >= 15 is 0 Å². The molecule has 1 amide bonds. The van der Waals surface area contributed by atoms with Crippen molar-refractivity contribution in [1.82, 2.24) is 25.1 Å². The minimum Gasteiger partial charge on any atom is -0.493 e. The van der Waals surface area contributed by atoms with E-state index in [1.807, 2.05) is 41.3 Å². The fraction of sp³-hybridized carbons (Fsp3) is 0.364. The predicted molar refractivity (Wildman–Crippen MR) is 110 cm³/mol. The van der Waals surface area contributed by atoms with Crippen molar-refractivity contribution >= 4 is 5.91 Å². The van der Waals surface area contributed by atoms with Gasteiger partial charge in [-0.15, -0.1) is 5.10 Å². The first-order chi connectivity index (χ1) is 14.7. The molecule has 1 saturated carbocycles. The lowest BCUT2D eigenvalue weighted by Crippen LogP contribution is -2.37. The fourth-order valence-corrected chi connectivity index (χ4v) is 4.76. The Bertz CT molecular complexity index is 1080. The Morgan fingerprint density at radius 1 is 1.13 bits per heavy atom. The number of rotatable bonds is 5. The first-order valence-corrected chi connectivity index (χ1v) is 10.1. The van der Waals surface area contributed by atoms with Gasteiger partial charge in [-0.1, -0.05) is 12.1 Å². The monoisotopic (exact) mass is 405 g/mol. The average Bonchev–Trinajstić information content (AvgIpc) is 3.56. The van der Waals surface area contributed by atoms with Gasteiger partial charge in [0.2, 0.25) is 0 Å². The maximum atomic E-state index is 13.4. The average molecular weight is 405 g/mol. The van der Waals surface area contributed by atoms with E-state index in [0.29, 0.717) is 29.0 Å². The molecule has 2 fully saturated rings. The van der Waals surface area contributed by atoms with E-state index in [2.05, 4.69) is 15.5 Å². The molecule has 0 spiro atoms. The molecule has 1 aliphatic heterocycles. The van der Waals surface area contributed by atoms with E-state index in [1.165, 1.54) is 12.7 Å². The number of piperidine rings is 1. The van der Waals surface area contributed by atoms with Gasteiger partial charge in [-0.05, 0) is 65.4 Å². The molecule has 8 heteroatoms. The second-order valence-corrected chi connectivity index (χ2v) is 7.85. The van der Waals surface area contributed by atoms with Crippen molar-refractivity contribution in [2.45, 2.75) is 25.3 Å². The number of hydrogen-bond donors (Lipinski definition) is 0. The Kier molecular flexibility index (Phi) is 4.61. The van der Waals surface area contributed by atoms with Crippen LogP contribution in [0.2, 0.25) is 0 Å². The number of amides is 1. The Balaban J connectivity index is 1.62. The highest BCUT2D eigenvalue weighted by Crippen LogP contribution is 2.40. The third kappa shape index (κ3) is 3.08. The van der Waals surface area contributed by atoms with Crippen LogP contribution in [-0.4, -0.2) is 57.8 Å². The van der Waals surface area contributed by atoms with Gasteiger partial charge in [0.25, 0.3) is 5.91 Å². The van der Waals surface area contributed by atoms with Gasteiger partial charge < -0.3 is 14.4 Å². The molecule has 2 aliphatic rings. The van der Waals surface area contributed by atoms with E-state index in [0.717, 1.165) is 36.2 Å². The molecule has 2 atom stereocenters. The van der Waals surface area contributed by atoms with Crippen LogP contribution < -0.4 is 9.47 Å². The summed E-state index contributed by atoms with van der Waals surface area (Å²) in [6.45, 7) is 0.844. The second kappa shape index (κ2) is 7.44. The van der Waals surface area contributed by atoms with E-state index in [9.17, 15) is 4.79 Å². The number of carbonyl (C=O) groups is 1. The molecule has 0 N–H and O–H groups in total. The SMILES string of the molecule is COc1cccc(-c2cc(C(=O)N3CC4CCC3C4)cc(-n3cnnn3)c2)c1OC. The smallest absolute Gasteiger partial charge is 0.254 e. The highest BCUT2D eigenvalue weighted by atomic mass is 16.5.